The fraction of sp³-hybridized carbons (Fsp3) is 0.222. The molecule has 2 bridgehead atoms. The molecular formula is C9H11BrN6. The van der Waals surface area contributed by atoms with Gasteiger partial charge < -0.3 is 11.5 Å². The fourth-order valence-electron chi connectivity index (χ4n) is 1.88. The lowest BCUT2D eigenvalue weighted by Gasteiger charge is -2.46. The van der Waals surface area contributed by atoms with Gasteiger partial charge in [0.25, 0.3) is 0 Å². The molecule has 3 aliphatic rings. The number of anilines is 1. The molecular weight excluding hydrogens is 272 g/mol. The van der Waals surface area contributed by atoms with Crippen molar-refractivity contribution in [2.45, 2.75) is 12.2 Å². The maximum Gasteiger partial charge on any atom is 0.147 e. The molecule has 1 aromatic rings. The van der Waals surface area contributed by atoms with E-state index in [-0.39, 0.29) is 12.2 Å². The Kier molecular flexibility index (Phi) is 2.06. The van der Waals surface area contributed by atoms with Crippen LogP contribution in [0.4, 0.5) is 5.69 Å². The molecule has 2 unspecified atom stereocenters. The number of nitrogens with zero attached hydrogens (tertiary/aromatic N) is 3. The molecule has 84 valence electrons. The average Bonchev–Trinajstić information content (AvgIpc) is 2.71. The molecule has 0 spiro atoms. The van der Waals surface area contributed by atoms with Gasteiger partial charge in [0.1, 0.15) is 18.0 Å². The van der Waals surface area contributed by atoms with Crippen molar-refractivity contribution in [1.29, 1.82) is 0 Å². The SMILES string of the molecule is NC1=NN2C(N)C1N2Nc1cccc(Br)c1. The van der Waals surface area contributed by atoms with Gasteiger partial charge in [0.05, 0.1) is 5.69 Å². The van der Waals surface area contributed by atoms with Crippen molar-refractivity contribution < 1.29 is 0 Å². The summed E-state index contributed by atoms with van der Waals surface area (Å²) < 4.78 is 1.01. The number of nitrogens with two attached hydrogens (primary N) is 2. The van der Waals surface area contributed by atoms with E-state index in [0.29, 0.717) is 5.84 Å². The Morgan fingerprint density at radius 1 is 1.44 bits per heavy atom. The zero-order chi connectivity index (χ0) is 11.3. The van der Waals surface area contributed by atoms with Crippen LogP contribution in [0.25, 0.3) is 0 Å². The highest BCUT2D eigenvalue weighted by atomic mass is 79.9. The zero-order valence-electron chi connectivity index (χ0n) is 8.34. The summed E-state index contributed by atoms with van der Waals surface area (Å²) in [4.78, 5) is 0. The number of hydrazone groups is 1. The summed E-state index contributed by atoms with van der Waals surface area (Å²) in [5, 5.41) is 7.56. The maximum atomic E-state index is 5.83. The molecule has 6 nitrogen and oxygen atoms in total. The Bertz CT molecular complexity index is 461. The molecule has 0 radical (unpaired) electrons. The first kappa shape index (κ1) is 9.88. The molecule has 2 atom stereocenters. The highest BCUT2D eigenvalue weighted by Crippen LogP contribution is 2.31. The van der Waals surface area contributed by atoms with Crippen molar-refractivity contribution in [3.63, 3.8) is 0 Å². The molecule has 3 heterocycles. The van der Waals surface area contributed by atoms with Gasteiger partial charge in [0.15, 0.2) is 0 Å². The first-order valence-corrected chi connectivity index (χ1v) is 5.66. The van der Waals surface area contributed by atoms with Gasteiger partial charge in [-0.2, -0.15) is 5.12 Å². The summed E-state index contributed by atoms with van der Waals surface area (Å²) in [6.45, 7) is 0. The predicted octanol–water partition coefficient (Wildman–Crippen LogP) is 0.248. The second kappa shape index (κ2) is 3.34. The Labute approximate surface area is 101 Å². The lowest BCUT2D eigenvalue weighted by Crippen LogP contribution is -2.72. The molecule has 4 rings (SSSR count). The second-order valence-corrected chi connectivity index (χ2v) is 4.66. The predicted molar refractivity (Wildman–Crippen MR) is 64.8 cm³/mol. The Hall–Kier alpha value is -1.31. The van der Waals surface area contributed by atoms with Crippen LogP contribution in [0.3, 0.4) is 0 Å². The molecule has 1 fully saturated rings. The van der Waals surface area contributed by atoms with Crippen molar-refractivity contribution in [3.8, 4) is 0 Å². The number of halogens is 1. The van der Waals surface area contributed by atoms with E-state index in [1.165, 1.54) is 0 Å². The topological polar surface area (TPSA) is 82.9 Å². The standard InChI is InChI=1S/C9H11BrN6/c10-5-2-1-3-6(4-5)13-15-7-8(11)14-16(15)9(7)12/h1-4,7,9,13H,12H2,(H2,11,14). The van der Waals surface area contributed by atoms with Crippen molar-refractivity contribution in [2.24, 2.45) is 16.6 Å². The number of nitrogens with one attached hydrogen (secondary N) is 1. The zero-order valence-corrected chi connectivity index (χ0v) is 9.92. The summed E-state index contributed by atoms with van der Waals surface area (Å²) in [7, 11) is 0. The summed E-state index contributed by atoms with van der Waals surface area (Å²) in [6, 6.07) is 7.81. The van der Waals surface area contributed by atoms with E-state index in [1.54, 1.807) is 5.12 Å². The van der Waals surface area contributed by atoms with Crippen molar-refractivity contribution in [1.82, 2.24) is 10.2 Å². The lowest BCUT2D eigenvalue weighted by molar-refractivity contribution is -0.143. The average molecular weight is 283 g/mol. The Morgan fingerprint density at radius 3 is 2.81 bits per heavy atom. The highest BCUT2D eigenvalue weighted by Gasteiger charge is 2.53. The molecule has 0 aromatic heterocycles. The number of rotatable bonds is 2. The Morgan fingerprint density at radius 2 is 2.25 bits per heavy atom. The van der Waals surface area contributed by atoms with E-state index in [4.69, 9.17) is 11.5 Å². The largest absolute Gasteiger partial charge is 0.384 e. The normalized spacial score (nSPS) is 27.6. The van der Waals surface area contributed by atoms with Crippen LogP contribution in [0.2, 0.25) is 0 Å². The third kappa shape index (κ3) is 1.29. The van der Waals surface area contributed by atoms with Crippen LogP contribution in [0.15, 0.2) is 33.8 Å². The fourth-order valence-corrected chi connectivity index (χ4v) is 2.27. The summed E-state index contributed by atoms with van der Waals surface area (Å²) in [5.41, 5.74) is 15.7. The van der Waals surface area contributed by atoms with Gasteiger partial charge >= 0.3 is 0 Å². The van der Waals surface area contributed by atoms with E-state index in [0.717, 1.165) is 10.2 Å². The summed E-state index contributed by atoms with van der Waals surface area (Å²) in [6.07, 6.45) is -0.139. The number of hydrogen-bond acceptors (Lipinski definition) is 6. The van der Waals surface area contributed by atoms with Gasteiger partial charge in [-0.1, -0.05) is 22.0 Å². The lowest BCUT2D eigenvalue weighted by atomic mass is 10.2. The number of hydrazine groups is 2. The molecule has 16 heavy (non-hydrogen) atoms. The van der Waals surface area contributed by atoms with Gasteiger partial charge in [-0.3, -0.25) is 5.43 Å². The van der Waals surface area contributed by atoms with Gasteiger partial charge in [0.2, 0.25) is 0 Å². The summed E-state index contributed by atoms with van der Waals surface area (Å²) in [5.74, 6) is 0.551. The minimum absolute atomic E-state index is 0.0426. The smallest absolute Gasteiger partial charge is 0.147 e. The van der Waals surface area contributed by atoms with Crippen LogP contribution in [-0.4, -0.2) is 28.3 Å². The van der Waals surface area contributed by atoms with E-state index in [2.05, 4.69) is 26.5 Å². The van der Waals surface area contributed by atoms with Gasteiger partial charge in [-0.25, -0.2) is 0 Å². The first-order chi connectivity index (χ1) is 7.66. The second-order valence-electron chi connectivity index (χ2n) is 3.75. The Balaban J connectivity index is 1.75. The van der Waals surface area contributed by atoms with Crippen molar-refractivity contribution in [2.75, 3.05) is 5.43 Å². The van der Waals surface area contributed by atoms with Crippen LogP contribution < -0.4 is 16.9 Å². The van der Waals surface area contributed by atoms with Crippen LogP contribution in [0.1, 0.15) is 0 Å². The van der Waals surface area contributed by atoms with Gasteiger partial charge in [-0.05, 0) is 18.2 Å². The van der Waals surface area contributed by atoms with Crippen LogP contribution in [0.5, 0.6) is 0 Å². The third-order valence-corrected chi connectivity index (χ3v) is 3.16. The molecule has 3 aliphatic heterocycles. The number of hydrogen-bond donors (Lipinski definition) is 3. The van der Waals surface area contributed by atoms with E-state index in [1.807, 2.05) is 29.4 Å². The maximum absolute atomic E-state index is 5.83. The molecule has 5 N–H and O–H groups in total. The molecule has 1 saturated heterocycles. The van der Waals surface area contributed by atoms with E-state index >= 15 is 0 Å². The third-order valence-electron chi connectivity index (χ3n) is 2.66. The van der Waals surface area contributed by atoms with Crippen LogP contribution in [0, 0.1) is 0 Å². The summed E-state index contributed by atoms with van der Waals surface area (Å²) >= 11 is 3.41. The monoisotopic (exact) mass is 282 g/mol. The molecule has 0 aliphatic carbocycles. The highest BCUT2D eigenvalue weighted by molar-refractivity contribution is 9.10. The number of benzene rings is 1. The molecule has 0 amide bonds. The first-order valence-electron chi connectivity index (χ1n) is 4.87. The van der Waals surface area contributed by atoms with E-state index < -0.39 is 0 Å². The van der Waals surface area contributed by atoms with Crippen LogP contribution >= 0.6 is 15.9 Å². The van der Waals surface area contributed by atoms with Gasteiger partial charge in [0, 0.05) is 4.47 Å². The number of amidine groups is 1. The molecule has 1 aromatic carbocycles. The van der Waals surface area contributed by atoms with Crippen molar-refractivity contribution >= 4 is 27.5 Å². The quantitative estimate of drug-likeness (QED) is 0.724. The minimum atomic E-state index is -0.139. The van der Waals surface area contributed by atoms with E-state index in [9.17, 15) is 0 Å². The minimum Gasteiger partial charge on any atom is -0.384 e. The van der Waals surface area contributed by atoms with Gasteiger partial charge in [-0.15, -0.1) is 10.2 Å². The molecule has 0 saturated carbocycles. The van der Waals surface area contributed by atoms with Crippen LogP contribution in [-0.2, 0) is 0 Å². The van der Waals surface area contributed by atoms with Crippen molar-refractivity contribution in [3.05, 3.63) is 28.7 Å². The molecule has 7 heteroatoms.